The summed E-state index contributed by atoms with van der Waals surface area (Å²) < 4.78 is 0. The second-order valence-corrected chi connectivity index (χ2v) is 5.86. The van der Waals surface area contributed by atoms with Crippen molar-refractivity contribution in [2.75, 3.05) is 16.4 Å². The van der Waals surface area contributed by atoms with Crippen LogP contribution in [-0.2, 0) is 0 Å². The topological polar surface area (TPSA) is 102 Å². The van der Waals surface area contributed by atoms with Gasteiger partial charge in [0.15, 0.2) is 17.2 Å². The quantitative estimate of drug-likeness (QED) is 0.357. The molecule has 3 N–H and O–H groups in total. The van der Waals surface area contributed by atoms with Crippen LogP contribution in [0.2, 0.25) is 0 Å². The maximum atomic E-state index is 5.49. The van der Waals surface area contributed by atoms with Gasteiger partial charge in [0.2, 0.25) is 0 Å². The maximum absolute atomic E-state index is 5.49. The second kappa shape index (κ2) is 9.60. The van der Waals surface area contributed by atoms with Crippen LogP contribution >= 0.6 is 0 Å². The Morgan fingerprint density at radius 2 is 0.667 bits per heavy atom. The van der Waals surface area contributed by atoms with Crippen molar-refractivity contribution in [1.29, 1.82) is 0 Å². The highest BCUT2D eigenvalue weighted by Crippen LogP contribution is 2.15. The summed E-state index contributed by atoms with van der Waals surface area (Å²) in [5, 5.41) is 0. The predicted octanol–water partition coefficient (Wildman–Crippen LogP) is 4.09. The van der Waals surface area contributed by atoms with Gasteiger partial charge in [0.25, 0.3) is 17.8 Å². The Morgan fingerprint density at radius 3 is 0.933 bits per heavy atom. The smallest absolute Gasteiger partial charge is 0.263 e. The van der Waals surface area contributed by atoms with Crippen molar-refractivity contribution in [2.24, 2.45) is 0 Å². The first kappa shape index (κ1) is 18.8. The molecular formula is C21H18N6O3. The van der Waals surface area contributed by atoms with Gasteiger partial charge >= 0.3 is 0 Å². The Hall–Kier alpha value is -4.53. The largest absolute Gasteiger partial charge is 0.379 e. The van der Waals surface area contributed by atoms with E-state index in [0.717, 1.165) is 0 Å². The highest BCUT2D eigenvalue weighted by atomic mass is 16.7. The Bertz CT molecular complexity index is 903. The first-order chi connectivity index (χ1) is 14.8. The molecule has 0 fully saturated rings. The van der Waals surface area contributed by atoms with Crippen LogP contribution in [0, 0.1) is 0 Å². The summed E-state index contributed by atoms with van der Waals surface area (Å²) >= 11 is 0. The number of para-hydroxylation sites is 3. The van der Waals surface area contributed by atoms with Crippen molar-refractivity contribution in [3.05, 3.63) is 91.0 Å². The fourth-order valence-electron chi connectivity index (χ4n) is 2.29. The van der Waals surface area contributed by atoms with Crippen LogP contribution in [0.5, 0.6) is 17.2 Å². The molecule has 4 aromatic rings. The maximum Gasteiger partial charge on any atom is 0.263 e. The summed E-state index contributed by atoms with van der Waals surface area (Å²) in [5.74, 6) is 2.24. The van der Waals surface area contributed by atoms with E-state index in [-0.39, 0.29) is 17.8 Å². The normalized spacial score (nSPS) is 10.0. The lowest BCUT2D eigenvalue weighted by Crippen LogP contribution is -2.16. The molecule has 9 nitrogen and oxygen atoms in total. The van der Waals surface area contributed by atoms with Crippen molar-refractivity contribution >= 4 is 17.8 Å². The lowest BCUT2D eigenvalue weighted by molar-refractivity contribution is 0.385. The zero-order valence-corrected chi connectivity index (χ0v) is 15.7. The zero-order chi connectivity index (χ0) is 20.4. The second-order valence-electron chi connectivity index (χ2n) is 5.86. The number of rotatable bonds is 9. The van der Waals surface area contributed by atoms with Gasteiger partial charge in [-0.2, -0.15) is 31.4 Å². The van der Waals surface area contributed by atoms with E-state index in [1.165, 1.54) is 0 Å². The number of anilines is 3. The SMILES string of the molecule is c1ccc(ONc2nc(NOc3ccccc3)nc(NOc3ccccc3)n2)cc1. The molecule has 150 valence electrons. The Balaban J connectivity index is 1.48. The van der Waals surface area contributed by atoms with Crippen LogP contribution in [-0.4, -0.2) is 15.0 Å². The number of nitrogens with zero attached hydrogens (tertiary/aromatic N) is 3. The van der Waals surface area contributed by atoms with Gasteiger partial charge in [-0.05, 0) is 36.4 Å². The number of hydrogen-bond donors (Lipinski definition) is 3. The molecule has 0 atom stereocenters. The minimum atomic E-state index is 0.146. The number of nitrogens with one attached hydrogen (secondary N) is 3. The summed E-state index contributed by atoms with van der Waals surface area (Å²) in [4.78, 5) is 29.1. The first-order valence-electron chi connectivity index (χ1n) is 9.05. The van der Waals surface area contributed by atoms with Gasteiger partial charge in [-0.1, -0.05) is 54.6 Å². The van der Waals surface area contributed by atoms with Crippen molar-refractivity contribution < 1.29 is 14.5 Å². The lowest BCUT2D eigenvalue weighted by Gasteiger charge is -2.12. The third kappa shape index (κ3) is 5.49. The van der Waals surface area contributed by atoms with Crippen LogP contribution < -0.4 is 31.0 Å². The lowest BCUT2D eigenvalue weighted by atomic mass is 10.3. The minimum absolute atomic E-state index is 0.146. The van der Waals surface area contributed by atoms with Gasteiger partial charge in [-0.25, -0.2) is 0 Å². The van der Waals surface area contributed by atoms with Gasteiger partial charge in [0.05, 0.1) is 0 Å². The van der Waals surface area contributed by atoms with E-state index < -0.39 is 0 Å². The van der Waals surface area contributed by atoms with E-state index in [4.69, 9.17) is 14.5 Å². The number of hydrogen-bond acceptors (Lipinski definition) is 9. The van der Waals surface area contributed by atoms with E-state index in [1.807, 2.05) is 54.6 Å². The summed E-state index contributed by atoms with van der Waals surface area (Å²) in [7, 11) is 0. The highest BCUT2D eigenvalue weighted by molar-refractivity contribution is 5.41. The molecule has 0 amide bonds. The molecule has 1 heterocycles. The number of benzene rings is 3. The van der Waals surface area contributed by atoms with Crippen LogP contribution in [0.4, 0.5) is 17.8 Å². The molecule has 1 aromatic heterocycles. The summed E-state index contributed by atoms with van der Waals surface area (Å²) in [5.41, 5.74) is 8.05. The van der Waals surface area contributed by atoms with Crippen molar-refractivity contribution in [3.8, 4) is 17.2 Å². The minimum Gasteiger partial charge on any atom is -0.379 e. The van der Waals surface area contributed by atoms with Crippen LogP contribution in [0.25, 0.3) is 0 Å². The fourth-order valence-corrected chi connectivity index (χ4v) is 2.29. The van der Waals surface area contributed by atoms with Crippen molar-refractivity contribution in [3.63, 3.8) is 0 Å². The van der Waals surface area contributed by atoms with E-state index >= 15 is 0 Å². The molecule has 0 aliphatic rings. The molecule has 0 aliphatic carbocycles. The summed E-state index contributed by atoms with van der Waals surface area (Å²) in [6, 6.07) is 27.6. The van der Waals surface area contributed by atoms with Crippen LogP contribution in [0.3, 0.4) is 0 Å². The average Bonchev–Trinajstić information content (AvgIpc) is 2.82. The molecule has 4 rings (SSSR count). The summed E-state index contributed by atoms with van der Waals surface area (Å²) in [6.07, 6.45) is 0. The van der Waals surface area contributed by atoms with E-state index in [1.54, 1.807) is 36.4 Å². The standard InChI is InChI=1S/C21H18N6O3/c1-4-10-16(11-5-1)28-25-19-22-20(26-29-17-12-6-2-7-13-17)24-21(23-19)27-30-18-14-8-3-9-15-18/h1-15H,(H3,22,23,24,25,26,27). The monoisotopic (exact) mass is 402 g/mol. The molecule has 9 heteroatoms. The molecule has 3 aromatic carbocycles. The van der Waals surface area contributed by atoms with Gasteiger partial charge in [0, 0.05) is 0 Å². The molecular weight excluding hydrogens is 384 g/mol. The third-order valence-corrected chi connectivity index (χ3v) is 3.65. The summed E-state index contributed by atoms with van der Waals surface area (Å²) in [6.45, 7) is 0. The Kier molecular flexibility index (Phi) is 6.02. The van der Waals surface area contributed by atoms with Crippen LogP contribution in [0.15, 0.2) is 91.0 Å². The van der Waals surface area contributed by atoms with Gasteiger partial charge in [-0.3, -0.25) is 0 Å². The average molecular weight is 402 g/mol. The van der Waals surface area contributed by atoms with Crippen molar-refractivity contribution in [2.45, 2.75) is 0 Å². The molecule has 0 aliphatic heterocycles. The first-order valence-corrected chi connectivity index (χ1v) is 9.05. The molecule has 0 radical (unpaired) electrons. The molecule has 30 heavy (non-hydrogen) atoms. The molecule has 0 saturated heterocycles. The van der Waals surface area contributed by atoms with Gasteiger partial charge in [-0.15, -0.1) is 0 Å². The predicted molar refractivity (Wildman–Crippen MR) is 112 cm³/mol. The Labute approximate surface area is 172 Å². The van der Waals surface area contributed by atoms with E-state index in [0.29, 0.717) is 17.2 Å². The van der Waals surface area contributed by atoms with Gasteiger partial charge < -0.3 is 14.5 Å². The van der Waals surface area contributed by atoms with E-state index in [9.17, 15) is 0 Å². The molecule has 0 bridgehead atoms. The zero-order valence-electron chi connectivity index (χ0n) is 15.7. The molecule has 0 spiro atoms. The van der Waals surface area contributed by atoms with Crippen LogP contribution in [0.1, 0.15) is 0 Å². The van der Waals surface area contributed by atoms with Crippen molar-refractivity contribution in [1.82, 2.24) is 15.0 Å². The molecule has 0 unspecified atom stereocenters. The third-order valence-electron chi connectivity index (χ3n) is 3.65. The molecule has 0 saturated carbocycles. The highest BCUT2D eigenvalue weighted by Gasteiger charge is 2.09. The fraction of sp³-hybridized carbons (Fsp3) is 0. The van der Waals surface area contributed by atoms with E-state index in [2.05, 4.69) is 31.4 Å². The number of aromatic nitrogens is 3. The Morgan fingerprint density at radius 1 is 0.400 bits per heavy atom. The van der Waals surface area contributed by atoms with Gasteiger partial charge in [0.1, 0.15) is 0 Å².